The summed E-state index contributed by atoms with van der Waals surface area (Å²) in [6.45, 7) is 7.30. The molecule has 0 N–H and O–H groups in total. The minimum Gasteiger partial charge on any atom is -0.465 e. The van der Waals surface area contributed by atoms with Crippen molar-refractivity contribution in [3.8, 4) is 0 Å². The summed E-state index contributed by atoms with van der Waals surface area (Å²) in [7, 11) is -4.68. The Bertz CT molecular complexity index is 463. The number of rotatable bonds is 11. The average molecular weight is 357 g/mol. The van der Waals surface area contributed by atoms with E-state index in [1.807, 2.05) is 13.8 Å². The van der Waals surface area contributed by atoms with Crippen LogP contribution in [0.1, 0.15) is 34.1 Å². The first-order valence-corrected chi connectivity index (χ1v) is 10.1. The Kier molecular flexibility index (Phi) is 9.31. The summed E-state index contributed by atoms with van der Waals surface area (Å²) in [5.41, 5.74) is -1.43. The van der Waals surface area contributed by atoms with Crippen molar-refractivity contribution in [2.75, 3.05) is 25.6 Å². The number of hydrogen-bond acceptors (Lipinski definition) is 7. The van der Waals surface area contributed by atoms with E-state index >= 15 is 0 Å². The smallest absolute Gasteiger partial charge is 0.326 e. The summed E-state index contributed by atoms with van der Waals surface area (Å²) in [6, 6.07) is 0. The second-order valence-corrected chi connectivity index (χ2v) is 7.63. The number of carbonyl (C=O) groups is 1. The summed E-state index contributed by atoms with van der Waals surface area (Å²) in [6.07, 6.45) is -0.342. The standard InChI is InChI=1S/C13H25O7PS/c1-6-18-11(14)13(9-21-15,8-10(3)4)12(19-7-2)20-22(5,16)17/h10,12H,6-9H2,1-5H3/p+1. The molecule has 0 spiro atoms. The van der Waals surface area contributed by atoms with Gasteiger partial charge in [0.05, 0.1) is 12.9 Å². The Morgan fingerprint density at radius 2 is 1.82 bits per heavy atom. The molecule has 3 atom stereocenters. The Balaban J connectivity index is 5.88. The summed E-state index contributed by atoms with van der Waals surface area (Å²) in [5.74, 6) is -0.638. The lowest BCUT2D eigenvalue weighted by Crippen LogP contribution is -2.49. The molecule has 0 aromatic heterocycles. The number of carbonyl (C=O) groups excluding carboxylic acids is 1. The maximum Gasteiger partial charge on any atom is 0.326 e. The topological polar surface area (TPSA) is 96.0 Å². The molecule has 0 saturated carbocycles. The monoisotopic (exact) mass is 357 g/mol. The molecule has 7 nitrogen and oxygen atoms in total. The van der Waals surface area contributed by atoms with Crippen molar-refractivity contribution in [2.45, 2.75) is 40.4 Å². The Labute approximate surface area is 134 Å². The van der Waals surface area contributed by atoms with Gasteiger partial charge in [0, 0.05) is 6.61 Å². The molecule has 0 aromatic carbocycles. The van der Waals surface area contributed by atoms with E-state index in [9.17, 15) is 17.8 Å². The quantitative estimate of drug-likeness (QED) is 0.241. The maximum absolute atomic E-state index is 12.5. The van der Waals surface area contributed by atoms with E-state index in [0.717, 1.165) is 6.26 Å². The SMILES string of the molecule is CCOC(=O)C(C[PH+]=O)(CC(C)C)C(OCC)OS(C)(=O)=O. The molecular weight excluding hydrogens is 331 g/mol. The van der Waals surface area contributed by atoms with Gasteiger partial charge in [0.25, 0.3) is 10.1 Å². The van der Waals surface area contributed by atoms with Crippen LogP contribution in [0.3, 0.4) is 0 Å². The van der Waals surface area contributed by atoms with Crippen LogP contribution >= 0.6 is 8.46 Å². The van der Waals surface area contributed by atoms with Crippen molar-refractivity contribution in [3.05, 3.63) is 0 Å². The van der Waals surface area contributed by atoms with E-state index in [1.54, 1.807) is 13.8 Å². The van der Waals surface area contributed by atoms with Crippen molar-refractivity contribution >= 4 is 24.5 Å². The lowest BCUT2D eigenvalue weighted by atomic mass is 9.81. The van der Waals surface area contributed by atoms with Crippen LogP contribution in [0, 0.1) is 11.3 Å². The van der Waals surface area contributed by atoms with Crippen molar-refractivity contribution in [1.82, 2.24) is 0 Å². The zero-order chi connectivity index (χ0) is 17.4. The second-order valence-electron chi connectivity index (χ2n) is 5.38. The zero-order valence-electron chi connectivity index (χ0n) is 13.7. The van der Waals surface area contributed by atoms with Crippen LogP contribution in [0.15, 0.2) is 0 Å². The highest BCUT2D eigenvalue weighted by Crippen LogP contribution is 2.38. The van der Waals surface area contributed by atoms with Gasteiger partial charge in [-0.25, -0.2) is 4.18 Å². The fourth-order valence-corrected chi connectivity index (χ4v) is 3.50. The molecule has 0 aliphatic rings. The second kappa shape index (κ2) is 9.55. The minimum atomic E-state index is -3.86. The van der Waals surface area contributed by atoms with Gasteiger partial charge >= 0.3 is 14.4 Å². The van der Waals surface area contributed by atoms with Gasteiger partial charge in [-0.2, -0.15) is 8.42 Å². The maximum atomic E-state index is 12.5. The molecule has 3 unspecified atom stereocenters. The van der Waals surface area contributed by atoms with Gasteiger partial charge in [-0.1, -0.05) is 18.4 Å². The fraction of sp³-hybridized carbons (Fsp3) is 0.923. The molecule has 0 saturated heterocycles. The van der Waals surface area contributed by atoms with Crippen molar-refractivity contribution < 1.29 is 31.4 Å². The third kappa shape index (κ3) is 6.69. The van der Waals surface area contributed by atoms with Crippen LogP contribution in [-0.4, -0.2) is 46.3 Å². The molecule has 130 valence electrons. The van der Waals surface area contributed by atoms with E-state index in [2.05, 4.69) is 0 Å². The number of esters is 1. The van der Waals surface area contributed by atoms with Crippen LogP contribution in [0.2, 0.25) is 0 Å². The molecule has 0 amide bonds. The third-order valence-corrected chi connectivity index (χ3v) is 4.17. The highest BCUT2D eigenvalue weighted by Gasteiger charge is 2.53. The molecule has 0 bridgehead atoms. The van der Waals surface area contributed by atoms with E-state index in [4.69, 9.17) is 13.7 Å². The molecular formula is C13H26O7PS+. The minimum absolute atomic E-state index is 0.0203. The molecule has 0 aliphatic carbocycles. The van der Waals surface area contributed by atoms with E-state index < -0.39 is 36.3 Å². The summed E-state index contributed by atoms with van der Waals surface area (Å²) in [4.78, 5) is 12.5. The lowest BCUT2D eigenvalue weighted by Gasteiger charge is -2.34. The van der Waals surface area contributed by atoms with E-state index in [0.29, 0.717) is 0 Å². The summed E-state index contributed by atoms with van der Waals surface area (Å²) in [5, 5.41) is 0. The van der Waals surface area contributed by atoms with Crippen LogP contribution in [0.5, 0.6) is 0 Å². The fourth-order valence-electron chi connectivity index (χ4n) is 2.23. The first-order valence-electron chi connectivity index (χ1n) is 7.15. The van der Waals surface area contributed by atoms with Gasteiger partial charge in [0.2, 0.25) is 0 Å². The molecule has 0 radical (unpaired) electrons. The predicted molar refractivity (Wildman–Crippen MR) is 83.7 cm³/mol. The molecule has 0 heterocycles. The van der Waals surface area contributed by atoms with Crippen LogP contribution in [0.4, 0.5) is 0 Å². The highest BCUT2D eigenvalue weighted by molar-refractivity contribution is 7.86. The first-order chi connectivity index (χ1) is 10.1. The normalized spacial score (nSPS) is 16.5. The molecule has 0 aliphatic heterocycles. The molecule has 22 heavy (non-hydrogen) atoms. The average Bonchev–Trinajstić information content (AvgIpc) is 2.35. The third-order valence-electron chi connectivity index (χ3n) is 2.87. The predicted octanol–water partition coefficient (Wildman–Crippen LogP) is 1.94. The zero-order valence-corrected chi connectivity index (χ0v) is 15.6. The summed E-state index contributed by atoms with van der Waals surface area (Å²) >= 11 is 0. The van der Waals surface area contributed by atoms with Crippen LogP contribution in [0.25, 0.3) is 0 Å². The van der Waals surface area contributed by atoms with Gasteiger partial charge in [-0.3, -0.25) is 4.79 Å². The highest BCUT2D eigenvalue weighted by atomic mass is 32.2. The van der Waals surface area contributed by atoms with Crippen molar-refractivity contribution in [2.24, 2.45) is 11.3 Å². The van der Waals surface area contributed by atoms with Crippen molar-refractivity contribution in [3.63, 3.8) is 0 Å². The van der Waals surface area contributed by atoms with E-state index in [1.165, 1.54) is 0 Å². The molecule has 0 fully saturated rings. The van der Waals surface area contributed by atoms with Gasteiger partial charge in [0.15, 0.2) is 17.9 Å². The first kappa shape index (κ1) is 21.4. The van der Waals surface area contributed by atoms with E-state index in [-0.39, 0.29) is 31.7 Å². The van der Waals surface area contributed by atoms with Gasteiger partial charge in [-0.05, 0) is 26.2 Å². The van der Waals surface area contributed by atoms with Crippen molar-refractivity contribution in [1.29, 1.82) is 0 Å². The van der Waals surface area contributed by atoms with Gasteiger partial charge in [-0.15, -0.1) is 0 Å². The lowest BCUT2D eigenvalue weighted by molar-refractivity contribution is -0.190. The Hall–Kier alpha value is -0.560. The van der Waals surface area contributed by atoms with Gasteiger partial charge < -0.3 is 9.47 Å². The summed E-state index contributed by atoms with van der Waals surface area (Å²) < 4.78 is 49.7. The molecule has 9 heteroatoms. The number of hydrogen-bond donors (Lipinski definition) is 0. The Morgan fingerprint density at radius 3 is 2.18 bits per heavy atom. The number of ether oxygens (including phenoxy) is 2. The van der Waals surface area contributed by atoms with Crippen LogP contribution in [-0.2, 0) is 33.1 Å². The van der Waals surface area contributed by atoms with Gasteiger partial charge in [0.1, 0.15) is 0 Å². The molecule has 0 aromatic rings. The molecule has 0 rings (SSSR count). The Morgan fingerprint density at radius 1 is 1.23 bits per heavy atom. The largest absolute Gasteiger partial charge is 0.465 e. The van der Waals surface area contributed by atoms with Crippen LogP contribution < -0.4 is 0 Å².